The number of aromatic nitrogens is 1. The van der Waals surface area contributed by atoms with E-state index in [1.807, 2.05) is 18.2 Å². The zero-order valence-electron chi connectivity index (χ0n) is 27.3. The molecule has 1 atom stereocenters. The number of rotatable bonds is 7. The standard InChI is InChI=1S/C36H30N2.2C2H6N.Zr/c1-3-25-17-12-18-26(4-2)35(25)38-36(34-23-13-22-33(37-34)27-14-6-5-7-15-27)32-24-28-16-8-9-19-29(28)30-20-10-11-21-31(30)32;2*1-3-2;/h5-14,16-24,36H,3-4H2,1-2H3;2*1-2H3;/q-2;2*-1;+4. The van der Waals surface area contributed by atoms with Crippen LogP contribution in [0, 0.1) is 6.07 Å². The molecular weight excluding hydrogens is 628 g/mol. The van der Waals surface area contributed by atoms with Crippen molar-refractivity contribution < 1.29 is 26.2 Å². The van der Waals surface area contributed by atoms with Crippen molar-refractivity contribution in [1.82, 2.24) is 4.98 Å². The van der Waals surface area contributed by atoms with E-state index in [9.17, 15) is 0 Å². The maximum absolute atomic E-state index is 5.56. The van der Waals surface area contributed by atoms with Crippen molar-refractivity contribution >= 4 is 27.2 Å². The third kappa shape index (κ3) is 8.76. The molecular formula is C40H42N4Zr. The van der Waals surface area contributed by atoms with E-state index >= 15 is 0 Å². The van der Waals surface area contributed by atoms with Gasteiger partial charge in [-0.3, -0.25) is 0 Å². The molecule has 6 aromatic rings. The minimum absolute atomic E-state index is 0. The zero-order valence-corrected chi connectivity index (χ0v) is 29.7. The third-order valence-electron chi connectivity index (χ3n) is 7.35. The number of nitrogens with zero attached hydrogens (tertiary/aromatic N) is 4. The Morgan fingerprint density at radius 3 is 1.84 bits per heavy atom. The molecule has 226 valence electrons. The van der Waals surface area contributed by atoms with Crippen LogP contribution in [0.3, 0.4) is 0 Å². The Kier molecular flexibility index (Phi) is 14.6. The summed E-state index contributed by atoms with van der Waals surface area (Å²) < 4.78 is 0. The maximum Gasteiger partial charge on any atom is 4.00 e. The smallest absolute Gasteiger partial charge is 0.673 e. The van der Waals surface area contributed by atoms with E-state index in [1.165, 1.54) is 38.2 Å². The molecule has 0 aliphatic carbocycles. The molecule has 5 aromatic carbocycles. The van der Waals surface area contributed by atoms with E-state index in [0.29, 0.717) is 0 Å². The predicted octanol–water partition coefficient (Wildman–Crippen LogP) is 11.0. The fraction of sp³-hybridized carbons (Fsp3) is 0.225. The second-order valence-corrected chi connectivity index (χ2v) is 10.5. The van der Waals surface area contributed by atoms with E-state index in [-0.39, 0.29) is 32.2 Å². The number of pyridine rings is 1. The molecule has 0 saturated heterocycles. The molecule has 5 heteroatoms. The minimum Gasteiger partial charge on any atom is -0.673 e. The van der Waals surface area contributed by atoms with Gasteiger partial charge in [-0.05, 0) is 57.8 Å². The average molecular weight is 670 g/mol. The van der Waals surface area contributed by atoms with Gasteiger partial charge in [0.25, 0.3) is 0 Å². The summed E-state index contributed by atoms with van der Waals surface area (Å²) in [4.78, 5) is 5.19. The summed E-state index contributed by atoms with van der Waals surface area (Å²) in [6, 6.07) is 43.6. The van der Waals surface area contributed by atoms with Gasteiger partial charge in [-0.15, -0.1) is 41.6 Å². The van der Waals surface area contributed by atoms with Gasteiger partial charge in [0.2, 0.25) is 0 Å². The van der Waals surface area contributed by atoms with Crippen molar-refractivity contribution in [2.75, 3.05) is 28.2 Å². The van der Waals surface area contributed by atoms with Gasteiger partial charge in [0, 0.05) is 5.69 Å². The van der Waals surface area contributed by atoms with Gasteiger partial charge in [-0.2, -0.15) is 28.2 Å². The molecule has 0 aliphatic rings. The van der Waals surface area contributed by atoms with Gasteiger partial charge < -0.3 is 20.9 Å². The van der Waals surface area contributed by atoms with E-state index < -0.39 is 0 Å². The molecule has 45 heavy (non-hydrogen) atoms. The molecule has 0 fully saturated rings. The monoisotopic (exact) mass is 668 g/mol. The summed E-state index contributed by atoms with van der Waals surface area (Å²) in [6.45, 7) is 4.41. The quantitative estimate of drug-likeness (QED) is 0.123. The number of benzene rings is 5. The van der Waals surface area contributed by atoms with Gasteiger partial charge >= 0.3 is 26.2 Å². The number of hydrogen-bond donors (Lipinski definition) is 0. The molecule has 0 bridgehead atoms. The normalized spacial score (nSPS) is 11.0. The Morgan fingerprint density at radius 2 is 1.22 bits per heavy atom. The second-order valence-electron chi connectivity index (χ2n) is 10.5. The molecule has 1 heterocycles. The van der Waals surface area contributed by atoms with Crippen LogP contribution in [0.4, 0.5) is 5.69 Å². The van der Waals surface area contributed by atoms with E-state index in [0.717, 1.165) is 35.5 Å². The molecule has 0 saturated carbocycles. The predicted molar refractivity (Wildman–Crippen MR) is 190 cm³/mol. The van der Waals surface area contributed by atoms with Crippen molar-refractivity contribution in [1.29, 1.82) is 0 Å². The first-order chi connectivity index (χ1) is 21.6. The van der Waals surface area contributed by atoms with Gasteiger partial charge in [0.1, 0.15) is 0 Å². The topological polar surface area (TPSA) is 55.2 Å². The van der Waals surface area contributed by atoms with Gasteiger partial charge in [0.15, 0.2) is 0 Å². The van der Waals surface area contributed by atoms with Crippen molar-refractivity contribution in [3.8, 4) is 11.3 Å². The largest absolute Gasteiger partial charge is 4.00 e. The number of hydrogen-bond acceptors (Lipinski definition) is 1. The molecule has 0 spiro atoms. The molecule has 1 aromatic heterocycles. The van der Waals surface area contributed by atoms with Crippen LogP contribution < -0.4 is 0 Å². The molecule has 0 N–H and O–H groups in total. The zero-order chi connectivity index (χ0) is 31.3. The number of para-hydroxylation sites is 1. The molecule has 4 nitrogen and oxygen atoms in total. The first-order valence-corrected chi connectivity index (χ1v) is 15.2. The van der Waals surface area contributed by atoms with Crippen LogP contribution in [0.2, 0.25) is 0 Å². The molecule has 6 rings (SSSR count). The average Bonchev–Trinajstić information content (AvgIpc) is 3.08. The van der Waals surface area contributed by atoms with Crippen LogP contribution >= 0.6 is 0 Å². The molecule has 0 amide bonds. The summed E-state index contributed by atoms with van der Waals surface area (Å²) >= 11 is 0. The fourth-order valence-electron chi connectivity index (χ4n) is 5.42. The second kappa shape index (κ2) is 18.4. The first-order valence-electron chi connectivity index (χ1n) is 15.2. The van der Waals surface area contributed by atoms with Crippen molar-refractivity contribution in [2.45, 2.75) is 32.7 Å². The van der Waals surface area contributed by atoms with Crippen LogP contribution in [-0.2, 0) is 39.0 Å². The van der Waals surface area contributed by atoms with Crippen LogP contribution in [0.5, 0.6) is 0 Å². The third-order valence-corrected chi connectivity index (χ3v) is 7.35. The summed E-state index contributed by atoms with van der Waals surface area (Å²) in [6.07, 6.45) is 1.87. The molecule has 0 aliphatic heterocycles. The Hall–Kier alpha value is -3.63. The fourth-order valence-corrected chi connectivity index (χ4v) is 5.42. The van der Waals surface area contributed by atoms with Crippen LogP contribution in [0.15, 0.2) is 115 Å². The van der Waals surface area contributed by atoms with Crippen LogP contribution in [0.25, 0.3) is 48.8 Å². The van der Waals surface area contributed by atoms with Crippen molar-refractivity contribution in [3.63, 3.8) is 0 Å². The van der Waals surface area contributed by atoms with E-state index in [4.69, 9.17) is 10.3 Å². The van der Waals surface area contributed by atoms with Gasteiger partial charge in [-0.1, -0.05) is 110 Å². The SMILES string of the molecule is CCc1cccc(CC)c1[N-]C(c1cccc(-c2[c-]cccc2)n1)c1cc2ccccc2c2ccccc12.C[N-]C.C[N-]C.[Zr+4]. The molecule has 1 unspecified atom stereocenters. The summed E-state index contributed by atoms with van der Waals surface area (Å²) in [5.41, 5.74) is 7.65. The Morgan fingerprint density at radius 1 is 0.644 bits per heavy atom. The Bertz CT molecular complexity index is 1740. The number of aryl methyl sites for hydroxylation is 2. The summed E-state index contributed by atoms with van der Waals surface area (Å²) in [7, 11) is 7.00. The minimum atomic E-state index is -0.258. The Labute approximate surface area is 288 Å². The van der Waals surface area contributed by atoms with E-state index in [2.05, 4.69) is 128 Å². The van der Waals surface area contributed by atoms with Crippen molar-refractivity contribution in [2.24, 2.45) is 0 Å². The molecule has 0 radical (unpaired) electrons. The van der Waals surface area contributed by atoms with Crippen LogP contribution in [-0.4, -0.2) is 33.2 Å². The van der Waals surface area contributed by atoms with Crippen LogP contribution in [0.1, 0.15) is 42.3 Å². The number of fused-ring (bicyclic) bond motifs is 3. The Balaban J connectivity index is 0.000000733. The summed E-state index contributed by atoms with van der Waals surface area (Å²) in [5.74, 6) is 0. The van der Waals surface area contributed by atoms with Gasteiger partial charge in [-0.25, -0.2) is 0 Å². The summed E-state index contributed by atoms with van der Waals surface area (Å²) in [5, 5.41) is 17.5. The van der Waals surface area contributed by atoms with Gasteiger partial charge in [0.05, 0.1) is 0 Å². The maximum atomic E-state index is 5.56. The van der Waals surface area contributed by atoms with E-state index in [1.54, 1.807) is 28.2 Å². The van der Waals surface area contributed by atoms with Crippen molar-refractivity contribution in [3.05, 3.63) is 160 Å². The first kappa shape index (κ1) is 35.8.